The van der Waals surface area contributed by atoms with Crippen molar-refractivity contribution in [2.45, 2.75) is 39.7 Å². The first-order valence-corrected chi connectivity index (χ1v) is 8.73. The summed E-state index contributed by atoms with van der Waals surface area (Å²) in [5, 5.41) is 0. The highest BCUT2D eigenvalue weighted by molar-refractivity contribution is 7.92. The Morgan fingerprint density at radius 1 is 1.14 bits per heavy atom. The minimum Gasteiger partial charge on any atom is -0.462 e. The van der Waals surface area contributed by atoms with Gasteiger partial charge in [0.2, 0.25) is 10.0 Å². The molecular formula is C15H23NO4S. The number of benzene rings is 1. The number of anilines is 1. The van der Waals surface area contributed by atoms with E-state index in [-0.39, 0.29) is 12.6 Å². The summed E-state index contributed by atoms with van der Waals surface area (Å²) >= 11 is 0. The summed E-state index contributed by atoms with van der Waals surface area (Å²) < 4.78 is 29.9. The van der Waals surface area contributed by atoms with Crippen LogP contribution in [0.15, 0.2) is 24.3 Å². The maximum atomic E-state index is 11.9. The lowest BCUT2D eigenvalue weighted by atomic mass is 10.0. The summed E-state index contributed by atoms with van der Waals surface area (Å²) in [5.74, 6) is -0.208. The molecule has 0 saturated heterocycles. The van der Waals surface area contributed by atoms with Gasteiger partial charge in [0.15, 0.2) is 0 Å². The van der Waals surface area contributed by atoms with Crippen molar-refractivity contribution in [2.75, 3.05) is 17.1 Å². The molecule has 0 spiro atoms. The average Bonchev–Trinajstić information content (AvgIpc) is 2.34. The highest BCUT2D eigenvalue weighted by Gasteiger charge is 2.22. The second-order valence-corrected chi connectivity index (χ2v) is 7.46. The van der Waals surface area contributed by atoms with Crippen molar-refractivity contribution in [1.82, 2.24) is 0 Å². The molecular weight excluding hydrogens is 290 g/mol. The fraction of sp³-hybridized carbons (Fsp3) is 0.533. The summed E-state index contributed by atoms with van der Waals surface area (Å²) in [7, 11) is -3.55. The highest BCUT2D eigenvalue weighted by Crippen LogP contribution is 2.22. The zero-order valence-electron chi connectivity index (χ0n) is 13.2. The number of carbonyl (C=O) groups excluding carboxylic acids is 1. The minimum atomic E-state index is -3.55. The lowest BCUT2D eigenvalue weighted by Crippen LogP contribution is -2.36. The summed E-state index contributed by atoms with van der Waals surface area (Å²) in [6, 6.07) is 7.15. The summed E-state index contributed by atoms with van der Waals surface area (Å²) in [6.07, 6.45) is 0.800. The minimum absolute atomic E-state index is 0.276. The Bertz CT molecular complexity index is 576. The molecule has 21 heavy (non-hydrogen) atoms. The second-order valence-electron chi connectivity index (χ2n) is 5.55. The normalized spacial score (nSPS) is 11.8. The molecule has 0 aliphatic heterocycles. The topological polar surface area (TPSA) is 63.7 Å². The van der Waals surface area contributed by atoms with Crippen molar-refractivity contribution in [2.24, 2.45) is 0 Å². The Balaban J connectivity index is 3.01. The summed E-state index contributed by atoms with van der Waals surface area (Å²) in [6.45, 7) is 7.24. The van der Waals surface area contributed by atoms with E-state index in [9.17, 15) is 13.2 Å². The summed E-state index contributed by atoms with van der Waals surface area (Å²) in [4.78, 5) is 11.7. The molecule has 0 atom stereocenters. The van der Waals surface area contributed by atoms with Crippen molar-refractivity contribution in [3.8, 4) is 0 Å². The molecule has 0 unspecified atom stereocenters. The molecule has 1 aromatic carbocycles. The van der Waals surface area contributed by atoms with E-state index in [4.69, 9.17) is 4.74 Å². The van der Waals surface area contributed by atoms with E-state index in [1.54, 1.807) is 26.0 Å². The van der Waals surface area contributed by atoms with Crippen LogP contribution in [0.25, 0.3) is 0 Å². The Labute approximate surface area is 127 Å². The molecule has 0 heterocycles. The van der Waals surface area contributed by atoms with Gasteiger partial charge in [-0.05, 0) is 37.5 Å². The number of hydrogen-bond donors (Lipinski definition) is 0. The van der Waals surface area contributed by atoms with Gasteiger partial charge in [-0.2, -0.15) is 0 Å². The molecule has 0 saturated carbocycles. The number of nitrogens with zero attached hydrogens (tertiary/aromatic N) is 1. The van der Waals surface area contributed by atoms with Crippen molar-refractivity contribution < 1.29 is 17.9 Å². The van der Waals surface area contributed by atoms with Crippen molar-refractivity contribution in [3.63, 3.8) is 0 Å². The van der Waals surface area contributed by atoms with Gasteiger partial charge in [-0.3, -0.25) is 9.10 Å². The van der Waals surface area contributed by atoms with Gasteiger partial charge >= 0.3 is 5.97 Å². The fourth-order valence-corrected chi connectivity index (χ4v) is 2.69. The van der Waals surface area contributed by atoms with Crippen molar-refractivity contribution >= 4 is 21.7 Å². The Morgan fingerprint density at radius 2 is 1.67 bits per heavy atom. The second kappa shape index (κ2) is 6.93. The van der Waals surface area contributed by atoms with Crippen LogP contribution in [0.5, 0.6) is 0 Å². The smallest absolute Gasteiger partial charge is 0.327 e. The Kier molecular flexibility index (Phi) is 5.78. The first kappa shape index (κ1) is 17.5. The zero-order valence-corrected chi connectivity index (χ0v) is 14.0. The monoisotopic (exact) mass is 313 g/mol. The third-order valence-corrected chi connectivity index (χ3v) is 4.03. The third kappa shape index (κ3) is 5.38. The van der Waals surface area contributed by atoms with Crippen LogP contribution in [0.3, 0.4) is 0 Å². The standard InChI is InChI=1S/C15H23NO4S/c1-11(2)13-6-8-14(9-7-13)16(21(5,18)19)10-15(17)20-12(3)4/h6-9,11-12H,10H2,1-5H3. The van der Waals surface area contributed by atoms with E-state index < -0.39 is 16.0 Å². The molecule has 5 nitrogen and oxygen atoms in total. The number of rotatable bonds is 6. The van der Waals surface area contributed by atoms with Gasteiger partial charge in [-0.15, -0.1) is 0 Å². The first-order valence-electron chi connectivity index (χ1n) is 6.88. The van der Waals surface area contributed by atoms with E-state index >= 15 is 0 Å². The molecule has 0 aromatic heterocycles. The molecule has 0 aliphatic carbocycles. The van der Waals surface area contributed by atoms with E-state index in [1.807, 2.05) is 12.1 Å². The van der Waals surface area contributed by atoms with Gasteiger partial charge in [0, 0.05) is 0 Å². The van der Waals surface area contributed by atoms with E-state index in [0.29, 0.717) is 11.6 Å². The number of esters is 1. The predicted molar refractivity (Wildman–Crippen MR) is 83.9 cm³/mol. The number of ether oxygens (including phenoxy) is 1. The number of hydrogen-bond acceptors (Lipinski definition) is 4. The van der Waals surface area contributed by atoms with Gasteiger partial charge in [0.25, 0.3) is 0 Å². The molecule has 6 heteroatoms. The van der Waals surface area contributed by atoms with Crippen LogP contribution in [-0.2, 0) is 19.6 Å². The van der Waals surface area contributed by atoms with Crippen LogP contribution in [0.2, 0.25) is 0 Å². The molecule has 0 N–H and O–H groups in total. The molecule has 1 rings (SSSR count). The molecule has 0 bridgehead atoms. The van der Waals surface area contributed by atoms with Gasteiger partial charge < -0.3 is 4.74 Å². The zero-order chi connectivity index (χ0) is 16.2. The van der Waals surface area contributed by atoms with Crippen molar-refractivity contribution in [1.29, 1.82) is 0 Å². The predicted octanol–water partition coefficient (Wildman–Crippen LogP) is 2.53. The quantitative estimate of drug-likeness (QED) is 0.757. The molecule has 0 aliphatic rings. The van der Waals surface area contributed by atoms with Crippen LogP contribution >= 0.6 is 0 Å². The van der Waals surface area contributed by atoms with Gasteiger partial charge in [0.05, 0.1) is 18.0 Å². The third-order valence-electron chi connectivity index (χ3n) is 2.89. The maximum absolute atomic E-state index is 11.9. The largest absolute Gasteiger partial charge is 0.462 e. The lowest BCUT2D eigenvalue weighted by molar-refractivity contribution is -0.145. The van der Waals surface area contributed by atoms with Crippen molar-refractivity contribution in [3.05, 3.63) is 29.8 Å². The van der Waals surface area contributed by atoms with Crippen LogP contribution in [0.4, 0.5) is 5.69 Å². The fourth-order valence-electron chi connectivity index (χ4n) is 1.84. The molecule has 0 fully saturated rings. The first-order chi connectivity index (χ1) is 9.61. The Morgan fingerprint density at radius 3 is 2.05 bits per heavy atom. The number of carbonyl (C=O) groups is 1. The van der Waals surface area contributed by atoms with Crippen LogP contribution in [0, 0.1) is 0 Å². The summed E-state index contributed by atoms with van der Waals surface area (Å²) in [5.41, 5.74) is 1.57. The Hall–Kier alpha value is -1.56. The van der Waals surface area contributed by atoms with Crippen LogP contribution in [0.1, 0.15) is 39.2 Å². The molecule has 118 valence electrons. The lowest BCUT2D eigenvalue weighted by Gasteiger charge is -2.22. The number of sulfonamides is 1. The molecule has 0 amide bonds. The SMILES string of the molecule is CC(C)OC(=O)CN(c1ccc(C(C)C)cc1)S(C)(=O)=O. The average molecular weight is 313 g/mol. The van der Waals surface area contributed by atoms with Gasteiger partial charge in [-0.1, -0.05) is 26.0 Å². The van der Waals surface area contributed by atoms with E-state index in [2.05, 4.69) is 13.8 Å². The molecule has 1 aromatic rings. The van der Waals surface area contributed by atoms with E-state index in [1.165, 1.54) is 0 Å². The van der Waals surface area contributed by atoms with Crippen LogP contribution < -0.4 is 4.31 Å². The van der Waals surface area contributed by atoms with Gasteiger partial charge in [-0.25, -0.2) is 8.42 Å². The van der Waals surface area contributed by atoms with Gasteiger partial charge in [0.1, 0.15) is 6.54 Å². The van der Waals surface area contributed by atoms with Crippen LogP contribution in [-0.4, -0.2) is 33.3 Å². The molecule has 0 radical (unpaired) electrons. The van der Waals surface area contributed by atoms with E-state index in [0.717, 1.165) is 16.1 Å². The maximum Gasteiger partial charge on any atom is 0.327 e. The highest BCUT2D eigenvalue weighted by atomic mass is 32.2.